The lowest BCUT2D eigenvalue weighted by Crippen LogP contribution is -2.40. The summed E-state index contributed by atoms with van der Waals surface area (Å²) in [7, 11) is 1.63. The summed E-state index contributed by atoms with van der Waals surface area (Å²) < 4.78 is 10.9. The molecule has 0 saturated carbocycles. The number of hydrogen-bond donors (Lipinski definition) is 2. The number of benzene rings is 1. The lowest BCUT2D eigenvalue weighted by Gasteiger charge is -2.21. The molecule has 102 valence electrons. The van der Waals surface area contributed by atoms with E-state index in [1.165, 1.54) is 0 Å². The third kappa shape index (κ3) is 4.55. The molecule has 4 nitrogen and oxygen atoms in total. The van der Waals surface area contributed by atoms with Crippen LogP contribution >= 0.6 is 0 Å². The molecule has 0 fully saturated rings. The molecule has 1 atom stereocenters. The van der Waals surface area contributed by atoms with E-state index in [-0.39, 0.29) is 6.61 Å². The molecule has 0 saturated heterocycles. The van der Waals surface area contributed by atoms with Crippen molar-refractivity contribution < 1.29 is 14.6 Å². The SMILES string of the molecule is COc1cc(C)ccc1OCCCC(C)(N)CO. The van der Waals surface area contributed by atoms with E-state index in [4.69, 9.17) is 20.3 Å². The van der Waals surface area contributed by atoms with Crippen molar-refractivity contribution in [2.75, 3.05) is 20.3 Å². The predicted molar refractivity (Wildman–Crippen MR) is 72.1 cm³/mol. The summed E-state index contributed by atoms with van der Waals surface area (Å²) in [5.41, 5.74) is 6.45. The highest BCUT2D eigenvalue weighted by atomic mass is 16.5. The molecule has 0 spiro atoms. The zero-order valence-electron chi connectivity index (χ0n) is 11.4. The summed E-state index contributed by atoms with van der Waals surface area (Å²) in [6.45, 7) is 4.39. The van der Waals surface area contributed by atoms with Crippen LogP contribution < -0.4 is 15.2 Å². The summed E-state index contributed by atoms with van der Waals surface area (Å²) in [6, 6.07) is 5.83. The third-order valence-corrected chi connectivity index (χ3v) is 2.83. The van der Waals surface area contributed by atoms with Crippen molar-refractivity contribution in [2.24, 2.45) is 5.73 Å². The molecule has 0 aliphatic heterocycles. The highest BCUT2D eigenvalue weighted by molar-refractivity contribution is 5.42. The summed E-state index contributed by atoms with van der Waals surface area (Å²) in [5, 5.41) is 9.04. The van der Waals surface area contributed by atoms with Gasteiger partial charge in [-0.3, -0.25) is 0 Å². The quantitative estimate of drug-likeness (QED) is 0.728. The van der Waals surface area contributed by atoms with Crippen LogP contribution in [0.1, 0.15) is 25.3 Å². The summed E-state index contributed by atoms with van der Waals surface area (Å²) in [4.78, 5) is 0. The van der Waals surface area contributed by atoms with Gasteiger partial charge in [0.15, 0.2) is 11.5 Å². The first kappa shape index (κ1) is 14.8. The minimum Gasteiger partial charge on any atom is -0.493 e. The smallest absolute Gasteiger partial charge is 0.161 e. The van der Waals surface area contributed by atoms with Gasteiger partial charge in [0.1, 0.15) is 0 Å². The van der Waals surface area contributed by atoms with Crippen molar-refractivity contribution in [1.29, 1.82) is 0 Å². The van der Waals surface area contributed by atoms with Gasteiger partial charge in [0.25, 0.3) is 0 Å². The molecule has 18 heavy (non-hydrogen) atoms. The molecular formula is C14H23NO3. The van der Waals surface area contributed by atoms with Crippen LogP contribution in [0.4, 0.5) is 0 Å². The number of rotatable bonds is 7. The average Bonchev–Trinajstić information content (AvgIpc) is 2.36. The molecule has 0 aliphatic rings. The Labute approximate surface area is 109 Å². The molecule has 0 aliphatic carbocycles. The Balaban J connectivity index is 2.44. The van der Waals surface area contributed by atoms with Crippen LogP contribution in [-0.4, -0.2) is 31.0 Å². The van der Waals surface area contributed by atoms with Gasteiger partial charge in [-0.25, -0.2) is 0 Å². The number of ether oxygens (including phenoxy) is 2. The zero-order chi connectivity index (χ0) is 13.6. The van der Waals surface area contributed by atoms with E-state index >= 15 is 0 Å². The van der Waals surface area contributed by atoms with Crippen LogP contribution in [-0.2, 0) is 0 Å². The number of methoxy groups -OCH3 is 1. The highest BCUT2D eigenvalue weighted by Gasteiger charge is 2.16. The fourth-order valence-corrected chi connectivity index (χ4v) is 1.63. The standard InChI is InChI=1S/C14H23NO3/c1-11-5-6-12(13(9-11)17-3)18-8-4-7-14(2,15)10-16/h5-6,9,16H,4,7-8,10,15H2,1-3H3. The molecule has 0 aromatic heterocycles. The van der Waals surface area contributed by atoms with Gasteiger partial charge in [-0.2, -0.15) is 0 Å². The summed E-state index contributed by atoms with van der Waals surface area (Å²) in [5.74, 6) is 1.48. The second-order valence-corrected chi connectivity index (χ2v) is 4.92. The van der Waals surface area contributed by atoms with Gasteiger partial charge in [0, 0.05) is 5.54 Å². The monoisotopic (exact) mass is 253 g/mol. The number of hydrogen-bond acceptors (Lipinski definition) is 4. The number of nitrogens with two attached hydrogens (primary N) is 1. The normalized spacial score (nSPS) is 14.1. The Morgan fingerprint density at radius 1 is 1.33 bits per heavy atom. The zero-order valence-corrected chi connectivity index (χ0v) is 11.4. The molecule has 0 radical (unpaired) electrons. The van der Waals surface area contributed by atoms with E-state index < -0.39 is 5.54 Å². The largest absolute Gasteiger partial charge is 0.493 e. The number of aliphatic hydroxyl groups excluding tert-OH is 1. The van der Waals surface area contributed by atoms with Crippen molar-refractivity contribution in [3.05, 3.63) is 23.8 Å². The molecule has 4 heteroatoms. The summed E-state index contributed by atoms with van der Waals surface area (Å²) in [6.07, 6.45) is 1.52. The maximum atomic E-state index is 9.04. The minimum atomic E-state index is -0.527. The number of aryl methyl sites for hydroxylation is 1. The Bertz CT molecular complexity index is 377. The molecule has 1 aromatic carbocycles. The Hall–Kier alpha value is -1.26. The Morgan fingerprint density at radius 2 is 2.06 bits per heavy atom. The van der Waals surface area contributed by atoms with Gasteiger partial charge >= 0.3 is 0 Å². The van der Waals surface area contributed by atoms with Crippen LogP contribution in [0.2, 0.25) is 0 Å². The lowest BCUT2D eigenvalue weighted by atomic mass is 9.99. The van der Waals surface area contributed by atoms with Gasteiger partial charge in [-0.05, 0) is 44.4 Å². The van der Waals surface area contributed by atoms with Crippen molar-refractivity contribution >= 4 is 0 Å². The van der Waals surface area contributed by atoms with Crippen LogP contribution in [0.15, 0.2) is 18.2 Å². The van der Waals surface area contributed by atoms with Gasteiger partial charge in [0.05, 0.1) is 20.3 Å². The van der Waals surface area contributed by atoms with E-state index in [1.54, 1.807) is 7.11 Å². The van der Waals surface area contributed by atoms with Gasteiger partial charge in [-0.1, -0.05) is 6.07 Å². The molecular weight excluding hydrogens is 230 g/mol. The van der Waals surface area contributed by atoms with Crippen molar-refractivity contribution in [1.82, 2.24) is 0 Å². The first-order chi connectivity index (χ1) is 8.48. The summed E-state index contributed by atoms with van der Waals surface area (Å²) >= 11 is 0. The molecule has 1 aromatic rings. The van der Waals surface area contributed by atoms with Crippen LogP contribution in [0, 0.1) is 6.92 Å². The first-order valence-corrected chi connectivity index (χ1v) is 6.16. The molecule has 3 N–H and O–H groups in total. The van der Waals surface area contributed by atoms with Crippen LogP contribution in [0.25, 0.3) is 0 Å². The lowest BCUT2D eigenvalue weighted by molar-refractivity contribution is 0.187. The second-order valence-electron chi connectivity index (χ2n) is 4.92. The van der Waals surface area contributed by atoms with Crippen molar-refractivity contribution in [3.8, 4) is 11.5 Å². The molecule has 0 heterocycles. The van der Waals surface area contributed by atoms with E-state index in [2.05, 4.69) is 0 Å². The minimum absolute atomic E-state index is 0.0130. The van der Waals surface area contributed by atoms with E-state index in [0.29, 0.717) is 6.61 Å². The highest BCUT2D eigenvalue weighted by Crippen LogP contribution is 2.28. The first-order valence-electron chi connectivity index (χ1n) is 6.16. The maximum absolute atomic E-state index is 9.04. The Kier molecular flexibility index (Phi) is 5.44. The number of aliphatic hydroxyl groups is 1. The fourth-order valence-electron chi connectivity index (χ4n) is 1.63. The third-order valence-electron chi connectivity index (χ3n) is 2.83. The molecule has 1 rings (SSSR count). The Morgan fingerprint density at radius 3 is 2.67 bits per heavy atom. The van der Waals surface area contributed by atoms with Crippen molar-refractivity contribution in [2.45, 2.75) is 32.2 Å². The van der Waals surface area contributed by atoms with Gasteiger partial charge < -0.3 is 20.3 Å². The van der Waals surface area contributed by atoms with Gasteiger partial charge in [0.2, 0.25) is 0 Å². The van der Waals surface area contributed by atoms with E-state index in [9.17, 15) is 0 Å². The second kappa shape index (κ2) is 6.61. The maximum Gasteiger partial charge on any atom is 0.161 e. The average molecular weight is 253 g/mol. The van der Waals surface area contributed by atoms with Gasteiger partial charge in [-0.15, -0.1) is 0 Å². The van der Waals surface area contributed by atoms with Crippen LogP contribution in [0.5, 0.6) is 11.5 Å². The van der Waals surface area contributed by atoms with Crippen LogP contribution in [0.3, 0.4) is 0 Å². The molecule has 0 amide bonds. The van der Waals surface area contributed by atoms with E-state index in [1.807, 2.05) is 32.0 Å². The topological polar surface area (TPSA) is 64.7 Å². The predicted octanol–water partition coefficient (Wildman–Crippen LogP) is 1.87. The molecule has 0 bridgehead atoms. The fraction of sp³-hybridized carbons (Fsp3) is 0.571. The van der Waals surface area contributed by atoms with Crippen molar-refractivity contribution in [3.63, 3.8) is 0 Å². The van der Waals surface area contributed by atoms with E-state index in [0.717, 1.165) is 29.9 Å². The molecule has 1 unspecified atom stereocenters.